The van der Waals surface area contributed by atoms with Gasteiger partial charge in [-0.15, -0.1) is 0 Å². The smallest absolute Gasteiger partial charge is 0.312 e. The van der Waals surface area contributed by atoms with Crippen molar-refractivity contribution in [2.75, 3.05) is 26.3 Å². The number of fused-ring (bicyclic) bond motifs is 1. The van der Waals surface area contributed by atoms with Crippen molar-refractivity contribution in [3.8, 4) is 0 Å². The van der Waals surface area contributed by atoms with Gasteiger partial charge in [0.1, 0.15) is 0 Å². The van der Waals surface area contributed by atoms with E-state index in [1.54, 1.807) is 0 Å². The summed E-state index contributed by atoms with van der Waals surface area (Å²) in [4.78, 5) is 19.8. The molecule has 5 heteroatoms. The summed E-state index contributed by atoms with van der Waals surface area (Å²) in [6.07, 6.45) is 7.94. The molecule has 0 saturated carbocycles. The molecule has 2 aromatic rings. The van der Waals surface area contributed by atoms with Crippen LogP contribution in [-0.4, -0.2) is 48.3 Å². The number of esters is 1. The number of nitrogens with zero attached hydrogens (tertiary/aromatic N) is 2. The predicted molar refractivity (Wildman–Crippen MR) is 114 cm³/mol. The van der Waals surface area contributed by atoms with Crippen LogP contribution in [0.25, 0.3) is 10.9 Å². The first-order valence-electron chi connectivity index (χ1n) is 11.0. The van der Waals surface area contributed by atoms with Gasteiger partial charge < -0.3 is 9.47 Å². The Hall–Kier alpha value is -1.98. The number of hydrogen-bond acceptors (Lipinski definition) is 5. The maximum Gasteiger partial charge on any atom is 0.312 e. The third-order valence-corrected chi connectivity index (χ3v) is 6.49. The lowest BCUT2D eigenvalue weighted by Crippen LogP contribution is -2.47. The summed E-state index contributed by atoms with van der Waals surface area (Å²) in [5, 5.41) is 1.18. The fraction of sp³-hybridized carbons (Fsp3) is 0.583. The van der Waals surface area contributed by atoms with Crippen LogP contribution in [0, 0.1) is 5.41 Å². The van der Waals surface area contributed by atoms with Gasteiger partial charge in [-0.25, -0.2) is 0 Å². The largest absolute Gasteiger partial charge is 0.466 e. The fourth-order valence-corrected chi connectivity index (χ4v) is 4.80. The van der Waals surface area contributed by atoms with Crippen LogP contribution >= 0.6 is 0 Å². The van der Waals surface area contributed by atoms with Gasteiger partial charge in [0.15, 0.2) is 0 Å². The van der Waals surface area contributed by atoms with Gasteiger partial charge in [0.05, 0.1) is 23.6 Å². The normalized spacial score (nSPS) is 22.4. The first-order chi connectivity index (χ1) is 14.2. The number of carbonyl (C=O) groups is 1. The maximum atomic E-state index is 12.9. The van der Waals surface area contributed by atoms with Crippen molar-refractivity contribution in [1.29, 1.82) is 0 Å². The van der Waals surface area contributed by atoms with Crippen LogP contribution in [0.5, 0.6) is 0 Å². The number of likely N-dealkylation sites (tertiary alicyclic amines) is 1. The van der Waals surface area contributed by atoms with Crippen molar-refractivity contribution in [2.24, 2.45) is 5.41 Å². The highest BCUT2D eigenvalue weighted by Crippen LogP contribution is 2.40. The second-order valence-corrected chi connectivity index (χ2v) is 8.50. The Kier molecular flexibility index (Phi) is 6.46. The quantitative estimate of drug-likeness (QED) is 0.680. The third-order valence-electron chi connectivity index (χ3n) is 6.49. The molecule has 0 amide bonds. The number of pyridine rings is 1. The average Bonchev–Trinajstić information content (AvgIpc) is 2.76. The van der Waals surface area contributed by atoms with E-state index in [0.29, 0.717) is 6.61 Å². The molecule has 3 heterocycles. The Morgan fingerprint density at radius 1 is 1.28 bits per heavy atom. The minimum atomic E-state index is -0.387. The van der Waals surface area contributed by atoms with Crippen molar-refractivity contribution in [3.63, 3.8) is 0 Å². The number of aromatic nitrogens is 1. The lowest BCUT2D eigenvalue weighted by molar-refractivity contribution is -0.162. The molecule has 0 radical (unpaired) electrons. The lowest BCUT2D eigenvalue weighted by Gasteiger charge is -2.42. The topological polar surface area (TPSA) is 51.7 Å². The highest BCUT2D eigenvalue weighted by molar-refractivity contribution is 5.79. The minimum Gasteiger partial charge on any atom is -0.466 e. The molecule has 1 aromatic carbocycles. The number of ether oxygens (including phenoxy) is 2. The van der Waals surface area contributed by atoms with Gasteiger partial charge in [-0.05, 0) is 82.3 Å². The number of hydrogen-bond donors (Lipinski definition) is 0. The summed E-state index contributed by atoms with van der Waals surface area (Å²) in [7, 11) is 0. The van der Waals surface area contributed by atoms with Crippen molar-refractivity contribution in [1.82, 2.24) is 9.88 Å². The Morgan fingerprint density at radius 3 is 2.90 bits per heavy atom. The zero-order valence-electron chi connectivity index (χ0n) is 17.4. The summed E-state index contributed by atoms with van der Waals surface area (Å²) in [5.41, 5.74) is 1.94. The minimum absolute atomic E-state index is 0.0226. The van der Waals surface area contributed by atoms with Crippen LogP contribution in [0.2, 0.25) is 0 Å². The van der Waals surface area contributed by atoms with Crippen LogP contribution in [0.3, 0.4) is 0 Å². The molecule has 0 aliphatic carbocycles. The second-order valence-electron chi connectivity index (χ2n) is 8.50. The molecular formula is C24H32N2O3. The first-order valence-corrected chi connectivity index (χ1v) is 11.0. The molecule has 4 rings (SSSR count). The van der Waals surface area contributed by atoms with Crippen molar-refractivity contribution in [2.45, 2.75) is 58.1 Å². The van der Waals surface area contributed by atoms with Crippen LogP contribution in [-0.2, 0) is 20.8 Å². The number of carbonyl (C=O) groups excluding carboxylic acids is 1. The summed E-state index contributed by atoms with van der Waals surface area (Å²) in [6.45, 7) is 5.90. The summed E-state index contributed by atoms with van der Waals surface area (Å²) < 4.78 is 11.5. The Balaban J connectivity index is 1.41. The van der Waals surface area contributed by atoms with Crippen molar-refractivity contribution < 1.29 is 14.3 Å². The Bertz CT molecular complexity index is 824. The number of benzene rings is 1. The molecule has 1 aromatic heterocycles. The Labute approximate surface area is 173 Å². The van der Waals surface area contributed by atoms with Gasteiger partial charge >= 0.3 is 5.97 Å². The molecule has 2 aliphatic heterocycles. The molecule has 2 aliphatic rings. The van der Waals surface area contributed by atoms with E-state index in [2.05, 4.69) is 34.1 Å². The third kappa shape index (κ3) is 4.78. The standard InChI is InChI=1S/C24H32N2O3/c1-2-28-23(27)24(17-21-7-3-4-15-29-21)10-13-26(14-11-24)18-19-8-9-22-20(16-19)6-5-12-25-22/h5-6,8-9,12,16,21H,2-4,7,10-11,13-15,17-18H2,1H3/t21-/m0/s1. The van der Waals surface area contributed by atoms with Gasteiger partial charge in [0, 0.05) is 24.7 Å². The van der Waals surface area contributed by atoms with Crippen LogP contribution in [0.4, 0.5) is 0 Å². The van der Waals surface area contributed by atoms with Gasteiger partial charge in [-0.3, -0.25) is 14.7 Å². The lowest BCUT2D eigenvalue weighted by atomic mass is 9.73. The SMILES string of the molecule is CCOC(=O)C1(C[C@@H]2CCCCO2)CCN(Cc2ccc3ncccc3c2)CC1. The number of piperidine rings is 1. The highest BCUT2D eigenvalue weighted by atomic mass is 16.5. The van der Waals surface area contributed by atoms with E-state index in [-0.39, 0.29) is 17.5 Å². The van der Waals surface area contributed by atoms with Crippen molar-refractivity contribution in [3.05, 3.63) is 42.1 Å². The van der Waals surface area contributed by atoms with E-state index < -0.39 is 0 Å². The van der Waals surface area contributed by atoms with Gasteiger partial charge in [0.25, 0.3) is 0 Å². The molecule has 0 spiro atoms. The number of rotatable bonds is 6. The monoisotopic (exact) mass is 396 g/mol. The fourth-order valence-electron chi connectivity index (χ4n) is 4.80. The van der Waals surface area contributed by atoms with E-state index in [1.807, 2.05) is 19.2 Å². The summed E-state index contributed by atoms with van der Waals surface area (Å²) in [6, 6.07) is 10.6. The van der Waals surface area contributed by atoms with E-state index in [0.717, 1.165) is 63.9 Å². The zero-order valence-corrected chi connectivity index (χ0v) is 17.4. The first kappa shape index (κ1) is 20.3. The molecule has 0 bridgehead atoms. The molecular weight excluding hydrogens is 364 g/mol. The van der Waals surface area contributed by atoms with Gasteiger partial charge in [0.2, 0.25) is 0 Å². The molecule has 0 N–H and O–H groups in total. The molecule has 1 atom stereocenters. The molecule has 2 fully saturated rings. The van der Waals surface area contributed by atoms with Crippen LogP contribution < -0.4 is 0 Å². The van der Waals surface area contributed by atoms with Crippen LogP contribution in [0.15, 0.2) is 36.5 Å². The zero-order chi connectivity index (χ0) is 20.1. The van der Waals surface area contributed by atoms with E-state index in [9.17, 15) is 4.79 Å². The molecule has 29 heavy (non-hydrogen) atoms. The molecule has 5 nitrogen and oxygen atoms in total. The van der Waals surface area contributed by atoms with Crippen molar-refractivity contribution >= 4 is 16.9 Å². The average molecular weight is 397 g/mol. The van der Waals surface area contributed by atoms with Crippen LogP contribution in [0.1, 0.15) is 51.0 Å². The predicted octanol–water partition coefficient (Wildman–Crippen LogP) is 4.34. The highest BCUT2D eigenvalue weighted by Gasteiger charge is 2.44. The summed E-state index contributed by atoms with van der Waals surface area (Å²) in [5.74, 6) is -0.0226. The summed E-state index contributed by atoms with van der Waals surface area (Å²) >= 11 is 0. The van der Waals surface area contributed by atoms with Gasteiger partial charge in [-0.2, -0.15) is 0 Å². The van der Waals surface area contributed by atoms with Gasteiger partial charge in [-0.1, -0.05) is 12.1 Å². The maximum absolute atomic E-state index is 12.9. The molecule has 2 saturated heterocycles. The Morgan fingerprint density at radius 2 is 2.14 bits per heavy atom. The molecule has 156 valence electrons. The van der Waals surface area contributed by atoms with E-state index in [4.69, 9.17) is 9.47 Å². The van der Waals surface area contributed by atoms with E-state index in [1.165, 1.54) is 17.4 Å². The van der Waals surface area contributed by atoms with E-state index >= 15 is 0 Å². The second kappa shape index (κ2) is 9.23. The molecule has 0 unspecified atom stereocenters.